The Morgan fingerprint density at radius 1 is 1.47 bits per heavy atom. The Labute approximate surface area is 120 Å². The zero-order chi connectivity index (χ0) is 14.6. The molecule has 0 aliphatic heterocycles. The lowest BCUT2D eigenvalue weighted by Crippen LogP contribution is -2.26. The van der Waals surface area contributed by atoms with Gasteiger partial charge in [-0.05, 0) is 36.2 Å². The van der Waals surface area contributed by atoms with Crippen LogP contribution in [0.25, 0.3) is 0 Å². The second-order valence-electron chi connectivity index (χ2n) is 4.06. The van der Waals surface area contributed by atoms with E-state index < -0.39 is 0 Å². The molecule has 0 aliphatic rings. The predicted octanol–water partition coefficient (Wildman–Crippen LogP) is 2.13. The van der Waals surface area contributed by atoms with E-state index in [-0.39, 0.29) is 11.7 Å². The van der Waals surface area contributed by atoms with Crippen LogP contribution in [0.5, 0.6) is 0 Å². The molecule has 1 aromatic rings. The molecule has 0 fully saturated rings. The van der Waals surface area contributed by atoms with Gasteiger partial charge in [-0.25, -0.2) is 9.59 Å². The molecule has 1 aromatic heterocycles. The van der Waals surface area contributed by atoms with E-state index in [0.717, 1.165) is 10.2 Å². The van der Waals surface area contributed by atoms with Gasteiger partial charge in [-0.15, -0.1) is 0 Å². The standard InChI is InChI=1S/C13H17BrN2O3/c1-5-10(12(17)19-4)6-7-16-9(3)11(14)8(2)15-13(16)18/h6H,5,7H2,1-4H3. The molecule has 0 amide bonds. The van der Waals surface area contributed by atoms with E-state index in [9.17, 15) is 9.59 Å². The van der Waals surface area contributed by atoms with Gasteiger partial charge in [0.05, 0.1) is 17.3 Å². The average molecular weight is 329 g/mol. The summed E-state index contributed by atoms with van der Waals surface area (Å²) in [4.78, 5) is 27.2. The number of aryl methyl sites for hydroxylation is 1. The molecule has 0 N–H and O–H groups in total. The Kier molecular flexibility index (Phi) is 5.47. The van der Waals surface area contributed by atoms with E-state index in [1.165, 1.54) is 11.7 Å². The molecule has 0 atom stereocenters. The number of rotatable bonds is 4. The number of methoxy groups -OCH3 is 1. The summed E-state index contributed by atoms with van der Waals surface area (Å²) in [5.41, 5.74) is 1.67. The summed E-state index contributed by atoms with van der Waals surface area (Å²) in [7, 11) is 1.34. The molecular weight excluding hydrogens is 312 g/mol. The Bertz CT molecular complexity index is 576. The zero-order valence-corrected chi connectivity index (χ0v) is 13.1. The molecule has 0 bridgehead atoms. The highest BCUT2D eigenvalue weighted by atomic mass is 79.9. The lowest BCUT2D eigenvalue weighted by atomic mass is 10.2. The van der Waals surface area contributed by atoms with Crippen LogP contribution in [0.4, 0.5) is 0 Å². The van der Waals surface area contributed by atoms with Crippen LogP contribution in [0.3, 0.4) is 0 Å². The third-order valence-corrected chi connectivity index (χ3v) is 4.03. The molecule has 5 nitrogen and oxygen atoms in total. The number of esters is 1. The molecule has 0 aliphatic carbocycles. The van der Waals surface area contributed by atoms with Crippen molar-refractivity contribution < 1.29 is 9.53 Å². The number of hydrogen-bond acceptors (Lipinski definition) is 4. The number of nitrogens with zero attached hydrogens (tertiary/aromatic N) is 2. The van der Waals surface area contributed by atoms with E-state index in [4.69, 9.17) is 0 Å². The van der Waals surface area contributed by atoms with Gasteiger partial charge in [-0.2, -0.15) is 4.98 Å². The molecular formula is C13H17BrN2O3. The number of allylic oxidation sites excluding steroid dienone is 1. The Morgan fingerprint density at radius 2 is 2.11 bits per heavy atom. The van der Waals surface area contributed by atoms with Gasteiger partial charge in [0, 0.05) is 17.8 Å². The fraction of sp³-hybridized carbons (Fsp3) is 0.462. The van der Waals surface area contributed by atoms with Crippen LogP contribution in [0, 0.1) is 13.8 Å². The minimum absolute atomic E-state index is 0.300. The van der Waals surface area contributed by atoms with E-state index >= 15 is 0 Å². The van der Waals surface area contributed by atoms with Gasteiger partial charge in [0.2, 0.25) is 0 Å². The van der Waals surface area contributed by atoms with Crippen molar-refractivity contribution >= 4 is 21.9 Å². The lowest BCUT2D eigenvalue weighted by molar-refractivity contribution is -0.136. The zero-order valence-electron chi connectivity index (χ0n) is 11.5. The highest BCUT2D eigenvalue weighted by Crippen LogP contribution is 2.16. The molecule has 6 heteroatoms. The van der Waals surface area contributed by atoms with E-state index in [1.807, 2.05) is 13.8 Å². The minimum atomic E-state index is -0.368. The van der Waals surface area contributed by atoms with E-state index in [0.29, 0.717) is 24.2 Å². The van der Waals surface area contributed by atoms with Crippen molar-refractivity contribution in [2.45, 2.75) is 33.7 Å². The quantitative estimate of drug-likeness (QED) is 0.627. The first-order valence-electron chi connectivity index (χ1n) is 5.93. The molecule has 0 unspecified atom stereocenters. The second kappa shape index (κ2) is 6.65. The summed E-state index contributed by atoms with van der Waals surface area (Å²) in [6.07, 6.45) is 2.25. The van der Waals surface area contributed by atoms with Crippen LogP contribution >= 0.6 is 15.9 Å². The van der Waals surface area contributed by atoms with Crippen molar-refractivity contribution in [3.05, 3.63) is 38.0 Å². The van der Waals surface area contributed by atoms with Crippen molar-refractivity contribution in [1.29, 1.82) is 0 Å². The Morgan fingerprint density at radius 3 is 2.63 bits per heavy atom. The molecule has 0 saturated carbocycles. The van der Waals surface area contributed by atoms with Crippen LogP contribution in [-0.4, -0.2) is 22.6 Å². The highest BCUT2D eigenvalue weighted by molar-refractivity contribution is 9.10. The van der Waals surface area contributed by atoms with E-state index in [1.54, 1.807) is 13.0 Å². The van der Waals surface area contributed by atoms with E-state index in [2.05, 4.69) is 25.7 Å². The summed E-state index contributed by atoms with van der Waals surface area (Å²) in [5, 5.41) is 0. The third-order valence-electron chi connectivity index (χ3n) is 2.88. The first kappa shape index (κ1) is 15.6. The van der Waals surface area contributed by atoms with Crippen molar-refractivity contribution in [2.75, 3.05) is 7.11 Å². The summed E-state index contributed by atoms with van der Waals surface area (Å²) >= 11 is 3.40. The first-order valence-corrected chi connectivity index (χ1v) is 6.72. The maximum absolute atomic E-state index is 11.8. The molecule has 0 saturated heterocycles. The number of hydrogen-bond donors (Lipinski definition) is 0. The minimum Gasteiger partial charge on any atom is -0.466 e. The van der Waals surface area contributed by atoms with Gasteiger partial charge in [0.25, 0.3) is 0 Å². The number of ether oxygens (including phenoxy) is 1. The van der Waals surface area contributed by atoms with Gasteiger partial charge in [0.15, 0.2) is 0 Å². The van der Waals surface area contributed by atoms with Gasteiger partial charge in [-0.1, -0.05) is 13.0 Å². The van der Waals surface area contributed by atoms with Crippen molar-refractivity contribution in [3.63, 3.8) is 0 Å². The number of aromatic nitrogens is 2. The Hall–Kier alpha value is -1.43. The van der Waals surface area contributed by atoms with Crippen molar-refractivity contribution in [2.24, 2.45) is 0 Å². The van der Waals surface area contributed by atoms with Gasteiger partial charge < -0.3 is 4.74 Å². The van der Waals surface area contributed by atoms with Crippen molar-refractivity contribution in [1.82, 2.24) is 9.55 Å². The fourth-order valence-electron chi connectivity index (χ4n) is 1.70. The molecule has 0 aromatic carbocycles. The summed E-state index contributed by atoms with van der Waals surface area (Å²) < 4.78 is 6.99. The lowest BCUT2D eigenvalue weighted by Gasteiger charge is -2.10. The van der Waals surface area contributed by atoms with Gasteiger partial charge in [0.1, 0.15) is 0 Å². The second-order valence-corrected chi connectivity index (χ2v) is 4.86. The topological polar surface area (TPSA) is 61.2 Å². The molecule has 0 radical (unpaired) electrons. The average Bonchev–Trinajstić information content (AvgIpc) is 2.39. The van der Waals surface area contributed by atoms with Crippen LogP contribution in [0.15, 0.2) is 20.9 Å². The predicted molar refractivity (Wildman–Crippen MR) is 76.1 cm³/mol. The molecule has 0 spiro atoms. The normalized spacial score (nSPS) is 11.5. The molecule has 1 heterocycles. The summed E-state index contributed by atoms with van der Waals surface area (Å²) in [6.45, 7) is 5.76. The third kappa shape index (κ3) is 3.53. The van der Waals surface area contributed by atoms with Crippen LogP contribution in [-0.2, 0) is 16.1 Å². The maximum atomic E-state index is 11.8. The first-order chi connectivity index (χ1) is 8.92. The number of carbonyl (C=O) groups excluding carboxylic acids is 1. The maximum Gasteiger partial charge on any atom is 0.348 e. The summed E-state index contributed by atoms with van der Waals surface area (Å²) in [6, 6.07) is 0. The summed E-state index contributed by atoms with van der Waals surface area (Å²) in [5.74, 6) is -0.368. The molecule has 19 heavy (non-hydrogen) atoms. The molecule has 1 rings (SSSR count). The largest absolute Gasteiger partial charge is 0.466 e. The number of halogens is 1. The fourth-order valence-corrected chi connectivity index (χ4v) is 2.00. The van der Waals surface area contributed by atoms with Crippen LogP contribution in [0.1, 0.15) is 24.7 Å². The number of carbonyl (C=O) groups is 1. The highest BCUT2D eigenvalue weighted by Gasteiger charge is 2.10. The van der Waals surface area contributed by atoms with Gasteiger partial charge in [-0.3, -0.25) is 4.57 Å². The van der Waals surface area contributed by atoms with Crippen molar-refractivity contribution in [3.8, 4) is 0 Å². The van der Waals surface area contributed by atoms with Crippen LogP contribution < -0.4 is 5.69 Å². The van der Waals surface area contributed by atoms with Crippen LogP contribution in [0.2, 0.25) is 0 Å². The monoisotopic (exact) mass is 328 g/mol. The smallest absolute Gasteiger partial charge is 0.348 e. The Balaban J connectivity index is 3.14. The molecule has 104 valence electrons. The SMILES string of the molecule is CCC(=CCn1c(C)c(Br)c(C)nc1=O)C(=O)OC. The van der Waals surface area contributed by atoms with Gasteiger partial charge >= 0.3 is 11.7 Å².